The van der Waals surface area contributed by atoms with Crippen LogP contribution in [0.1, 0.15) is 5.56 Å². The van der Waals surface area contributed by atoms with Gasteiger partial charge in [-0.25, -0.2) is 8.42 Å². The third-order valence-electron chi connectivity index (χ3n) is 2.57. The Morgan fingerprint density at radius 3 is 2.19 bits per heavy atom. The lowest BCUT2D eigenvalue weighted by Crippen LogP contribution is -2.13. The molecule has 0 aliphatic heterocycles. The third kappa shape index (κ3) is 3.89. The summed E-state index contributed by atoms with van der Waals surface area (Å²) in [7, 11) is -3.97. The SMILES string of the molecule is O=S(=O)(Nc1cccc(C(F)(F)F)c1)c1ccc(Cl)cc1. The molecule has 0 atom stereocenters. The summed E-state index contributed by atoms with van der Waals surface area (Å²) >= 11 is 5.65. The summed E-state index contributed by atoms with van der Waals surface area (Å²) in [4.78, 5) is -0.0932. The van der Waals surface area contributed by atoms with Crippen LogP contribution in [0.2, 0.25) is 5.02 Å². The van der Waals surface area contributed by atoms with Crippen molar-refractivity contribution >= 4 is 27.3 Å². The van der Waals surface area contributed by atoms with E-state index in [2.05, 4.69) is 4.72 Å². The van der Waals surface area contributed by atoms with Gasteiger partial charge in [0.05, 0.1) is 10.5 Å². The molecule has 0 heterocycles. The zero-order chi connectivity index (χ0) is 15.7. The molecule has 0 fully saturated rings. The van der Waals surface area contributed by atoms with E-state index in [1.807, 2.05) is 0 Å². The van der Waals surface area contributed by atoms with Crippen molar-refractivity contribution in [2.24, 2.45) is 0 Å². The molecule has 0 amide bonds. The second-order valence-electron chi connectivity index (χ2n) is 4.14. The first-order valence-electron chi connectivity index (χ1n) is 5.64. The quantitative estimate of drug-likeness (QED) is 0.915. The Balaban J connectivity index is 2.31. The van der Waals surface area contributed by atoms with Crippen LogP contribution >= 0.6 is 11.6 Å². The van der Waals surface area contributed by atoms with Crippen molar-refractivity contribution in [1.29, 1.82) is 0 Å². The molecular formula is C13H9ClF3NO2S. The Morgan fingerprint density at radius 1 is 1.00 bits per heavy atom. The van der Waals surface area contributed by atoms with Gasteiger partial charge in [0.2, 0.25) is 0 Å². The molecule has 2 aromatic carbocycles. The summed E-state index contributed by atoms with van der Waals surface area (Å²) in [5, 5.41) is 0.355. The molecule has 112 valence electrons. The zero-order valence-electron chi connectivity index (χ0n) is 10.4. The van der Waals surface area contributed by atoms with Crippen molar-refractivity contribution in [1.82, 2.24) is 0 Å². The summed E-state index contributed by atoms with van der Waals surface area (Å²) in [6.45, 7) is 0. The molecule has 0 saturated heterocycles. The van der Waals surface area contributed by atoms with Crippen LogP contribution in [0, 0.1) is 0 Å². The van der Waals surface area contributed by atoms with Gasteiger partial charge in [-0.15, -0.1) is 0 Å². The van der Waals surface area contributed by atoms with Crippen LogP contribution in [0.4, 0.5) is 18.9 Å². The molecule has 2 rings (SSSR count). The average Bonchev–Trinajstić information content (AvgIpc) is 2.38. The van der Waals surface area contributed by atoms with Crippen LogP contribution in [-0.2, 0) is 16.2 Å². The monoisotopic (exact) mass is 335 g/mol. The molecule has 0 spiro atoms. The Bertz CT molecular complexity index is 743. The Kier molecular flexibility index (Phi) is 4.15. The topological polar surface area (TPSA) is 46.2 Å². The summed E-state index contributed by atoms with van der Waals surface area (Å²) in [6, 6.07) is 9.24. The minimum Gasteiger partial charge on any atom is -0.280 e. The number of nitrogens with one attached hydrogen (secondary N) is 1. The minimum atomic E-state index is -4.54. The maximum Gasteiger partial charge on any atom is 0.416 e. The lowest BCUT2D eigenvalue weighted by molar-refractivity contribution is -0.137. The van der Waals surface area contributed by atoms with Gasteiger partial charge in [-0.1, -0.05) is 17.7 Å². The van der Waals surface area contributed by atoms with E-state index in [9.17, 15) is 21.6 Å². The van der Waals surface area contributed by atoms with Crippen molar-refractivity contribution in [3.63, 3.8) is 0 Å². The second kappa shape index (κ2) is 5.57. The third-order valence-corrected chi connectivity index (χ3v) is 4.22. The van der Waals surface area contributed by atoms with E-state index in [0.717, 1.165) is 18.2 Å². The number of hydrogen-bond donors (Lipinski definition) is 1. The molecule has 0 aromatic heterocycles. The van der Waals surface area contributed by atoms with Gasteiger partial charge in [0.1, 0.15) is 0 Å². The zero-order valence-corrected chi connectivity index (χ0v) is 11.9. The van der Waals surface area contributed by atoms with Gasteiger partial charge in [-0.2, -0.15) is 13.2 Å². The normalized spacial score (nSPS) is 12.2. The van der Waals surface area contributed by atoms with Gasteiger partial charge < -0.3 is 0 Å². The summed E-state index contributed by atoms with van der Waals surface area (Å²) in [6.07, 6.45) is -4.54. The number of hydrogen-bond acceptors (Lipinski definition) is 2. The van der Waals surface area contributed by atoms with Gasteiger partial charge in [-0.05, 0) is 42.5 Å². The minimum absolute atomic E-state index is 0.0932. The van der Waals surface area contributed by atoms with Crippen LogP contribution in [0.3, 0.4) is 0 Å². The molecule has 2 aromatic rings. The lowest BCUT2D eigenvalue weighted by Gasteiger charge is -2.11. The van der Waals surface area contributed by atoms with Gasteiger partial charge in [0.25, 0.3) is 10.0 Å². The first-order chi connectivity index (χ1) is 9.68. The van der Waals surface area contributed by atoms with Gasteiger partial charge in [-0.3, -0.25) is 4.72 Å². The van der Waals surface area contributed by atoms with Gasteiger partial charge in [0, 0.05) is 10.7 Å². The standard InChI is InChI=1S/C13H9ClF3NO2S/c14-10-4-6-12(7-5-10)21(19,20)18-11-3-1-2-9(8-11)13(15,16)17/h1-8,18H. The molecule has 0 aliphatic rings. The van der Waals surface area contributed by atoms with Crippen molar-refractivity contribution in [2.45, 2.75) is 11.1 Å². The molecule has 0 radical (unpaired) electrons. The van der Waals surface area contributed by atoms with Crippen LogP contribution in [0.5, 0.6) is 0 Å². The molecular weight excluding hydrogens is 327 g/mol. The second-order valence-corrected chi connectivity index (χ2v) is 6.26. The fraction of sp³-hybridized carbons (Fsp3) is 0.0769. The van der Waals surface area contributed by atoms with Crippen molar-refractivity contribution in [3.05, 3.63) is 59.1 Å². The Morgan fingerprint density at radius 2 is 1.62 bits per heavy atom. The molecule has 21 heavy (non-hydrogen) atoms. The molecule has 1 N–H and O–H groups in total. The number of halogens is 4. The predicted octanol–water partition coefficient (Wildman–Crippen LogP) is 4.16. The van der Waals surface area contributed by atoms with Crippen LogP contribution in [0.15, 0.2) is 53.4 Å². The maximum absolute atomic E-state index is 12.6. The molecule has 3 nitrogen and oxygen atoms in total. The molecule has 0 bridgehead atoms. The number of rotatable bonds is 3. The van der Waals surface area contributed by atoms with Crippen molar-refractivity contribution in [3.8, 4) is 0 Å². The predicted molar refractivity (Wildman–Crippen MR) is 73.7 cm³/mol. The Hall–Kier alpha value is -1.73. The molecule has 8 heteroatoms. The highest BCUT2D eigenvalue weighted by atomic mass is 35.5. The number of sulfonamides is 1. The highest BCUT2D eigenvalue weighted by molar-refractivity contribution is 7.92. The smallest absolute Gasteiger partial charge is 0.280 e. The van der Waals surface area contributed by atoms with Gasteiger partial charge >= 0.3 is 6.18 Å². The van der Waals surface area contributed by atoms with Crippen molar-refractivity contribution in [2.75, 3.05) is 4.72 Å². The lowest BCUT2D eigenvalue weighted by atomic mass is 10.2. The average molecular weight is 336 g/mol. The van der Waals surface area contributed by atoms with E-state index in [0.29, 0.717) is 5.02 Å². The highest BCUT2D eigenvalue weighted by Gasteiger charge is 2.30. The van der Waals surface area contributed by atoms with E-state index >= 15 is 0 Å². The number of anilines is 1. The van der Waals surface area contributed by atoms with E-state index < -0.39 is 21.8 Å². The van der Waals surface area contributed by atoms with Gasteiger partial charge in [0.15, 0.2) is 0 Å². The van der Waals surface area contributed by atoms with E-state index in [4.69, 9.17) is 11.6 Å². The number of alkyl halides is 3. The van der Waals surface area contributed by atoms with E-state index in [1.165, 1.54) is 30.3 Å². The fourth-order valence-corrected chi connectivity index (χ4v) is 2.76. The van der Waals surface area contributed by atoms with Crippen LogP contribution in [-0.4, -0.2) is 8.42 Å². The van der Waals surface area contributed by atoms with Crippen LogP contribution in [0.25, 0.3) is 0 Å². The largest absolute Gasteiger partial charge is 0.416 e. The van der Waals surface area contributed by atoms with Crippen molar-refractivity contribution < 1.29 is 21.6 Å². The molecule has 0 saturated carbocycles. The Labute approximate surface area is 124 Å². The summed E-state index contributed by atoms with van der Waals surface area (Å²) in [5.41, 5.74) is -1.10. The molecule has 0 unspecified atom stereocenters. The first kappa shape index (κ1) is 15.7. The van der Waals surface area contributed by atoms with E-state index in [1.54, 1.807) is 0 Å². The highest BCUT2D eigenvalue weighted by Crippen LogP contribution is 2.31. The van der Waals surface area contributed by atoms with E-state index in [-0.39, 0.29) is 10.6 Å². The maximum atomic E-state index is 12.6. The summed E-state index contributed by atoms with van der Waals surface area (Å²) in [5.74, 6) is 0. The molecule has 0 aliphatic carbocycles. The first-order valence-corrected chi connectivity index (χ1v) is 7.50. The summed E-state index contributed by atoms with van der Waals surface area (Å²) < 4.78 is 63.9. The van der Waals surface area contributed by atoms with Crippen LogP contribution < -0.4 is 4.72 Å². The fourth-order valence-electron chi connectivity index (χ4n) is 1.59. The number of benzene rings is 2.